The van der Waals surface area contributed by atoms with Crippen LogP contribution < -0.4 is 10.0 Å². The lowest BCUT2D eigenvalue weighted by molar-refractivity contribution is 0.0367. The average Bonchev–Trinajstić information content (AvgIpc) is 2.23. The summed E-state index contributed by atoms with van der Waals surface area (Å²) in [5, 5.41) is 2.32. The van der Waals surface area contributed by atoms with Crippen LogP contribution in [0.3, 0.4) is 0 Å². The highest BCUT2D eigenvalue weighted by molar-refractivity contribution is 8.06. The van der Waals surface area contributed by atoms with Crippen molar-refractivity contribution in [3.8, 4) is 0 Å². The Kier molecular flexibility index (Phi) is 5.99. The number of hydrogen-bond donors (Lipinski definition) is 2. The van der Waals surface area contributed by atoms with Crippen molar-refractivity contribution in [3.63, 3.8) is 0 Å². The number of piperidine rings is 1. The lowest BCUT2D eigenvalue weighted by Gasteiger charge is -2.22. The molecule has 108 valence electrons. The summed E-state index contributed by atoms with van der Waals surface area (Å²) in [6.07, 6.45) is 2.87. The molecule has 0 unspecified atom stereocenters. The van der Waals surface area contributed by atoms with Gasteiger partial charge in [0.2, 0.25) is 10.0 Å². The fraction of sp³-hybridized carbons (Fsp3) is 1.00. The Hall–Kier alpha value is -0.220. The maximum Gasteiger partial charge on any atom is 0.226 e. The van der Waals surface area contributed by atoms with Crippen molar-refractivity contribution in [2.75, 3.05) is 37.6 Å². The molecule has 1 saturated heterocycles. The smallest absolute Gasteiger partial charge is 0.226 e. The summed E-state index contributed by atoms with van der Waals surface area (Å²) in [5.74, 6) is 0. The minimum atomic E-state index is -3.77. The Labute approximate surface area is 108 Å². The molecule has 0 aromatic heterocycles. The van der Waals surface area contributed by atoms with Crippen molar-refractivity contribution < 1.29 is 21.6 Å². The molecule has 1 fully saturated rings. The van der Waals surface area contributed by atoms with Crippen LogP contribution in [0.2, 0.25) is 0 Å². The van der Waals surface area contributed by atoms with Crippen molar-refractivity contribution in [1.29, 1.82) is 0 Å². The van der Waals surface area contributed by atoms with Crippen molar-refractivity contribution in [3.05, 3.63) is 0 Å². The van der Waals surface area contributed by atoms with Gasteiger partial charge in [0.1, 0.15) is 0 Å². The number of nitrogens with one attached hydrogen (secondary N) is 2. The highest BCUT2D eigenvalue weighted by atomic mass is 32.3. The van der Waals surface area contributed by atoms with Gasteiger partial charge >= 0.3 is 0 Å². The van der Waals surface area contributed by atoms with Crippen LogP contribution in [-0.2, 0) is 24.6 Å². The van der Waals surface area contributed by atoms with Crippen LogP contribution in [0.4, 0.5) is 0 Å². The molecule has 0 bridgehead atoms. The molecule has 2 N–H and O–H groups in total. The van der Waals surface area contributed by atoms with Gasteiger partial charge in [-0.25, -0.2) is 21.6 Å². The van der Waals surface area contributed by atoms with E-state index in [-0.39, 0.29) is 19.3 Å². The summed E-state index contributed by atoms with van der Waals surface area (Å²) in [7, 11) is -7.31. The van der Waals surface area contributed by atoms with Gasteiger partial charge in [0, 0.05) is 12.8 Å². The second-order valence-electron chi connectivity index (χ2n) is 4.37. The van der Waals surface area contributed by atoms with Gasteiger partial charge in [-0.3, -0.25) is 0 Å². The average molecular weight is 300 g/mol. The molecule has 0 aromatic carbocycles. The van der Waals surface area contributed by atoms with Crippen LogP contribution >= 0.6 is 0 Å². The molecule has 0 atom stereocenters. The van der Waals surface area contributed by atoms with Gasteiger partial charge in [-0.05, 0) is 25.9 Å². The van der Waals surface area contributed by atoms with E-state index in [1.807, 2.05) is 0 Å². The first-order chi connectivity index (χ1) is 8.29. The molecule has 0 saturated carbocycles. The Morgan fingerprint density at radius 3 is 2.39 bits per heavy atom. The van der Waals surface area contributed by atoms with Crippen molar-refractivity contribution >= 4 is 19.9 Å². The first-order valence-corrected chi connectivity index (χ1v) is 9.47. The maximum absolute atomic E-state index is 11.3. The summed E-state index contributed by atoms with van der Waals surface area (Å²) in [5.41, 5.74) is 0. The van der Waals surface area contributed by atoms with E-state index >= 15 is 0 Å². The first-order valence-electron chi connectivity index (χ1n) is 5.76. The molecule has 1 heterocycles. The van der Waals surface area contributed by atoms with Crippen LogP contribution in [0.15, 0.2) is 0 Å². The third-order valence-electron chi connectivity index (χ3n) is 2.43. The number of sulfone groups is 1. The lowest BCUT2D eigenvalue weighted by Crippen LogP contribution is -2.36. The largest absolute Gasteiger partial charge is 0.377 e. The second-order valence-corrected chi connectivity index (χ2v) is 8.69. The van der Waals surface area contributed by atoms with Crippen LogP contribution in [0.25, 0.3) is 0 Å². The van der Waals surface area contributed by atoms with Crippen molar-refractivity contribution in [2.45, 2.75) is 18.9 Å². The van der Waals surface area contributed by atoms with Gasteiger partial charge in [-0.15, -0.1) is 0 Å². The van der Waals surface area contributed by atoms with Gasteiger partial charge in [0.15, 0.2) is 14.9 Å². The number of rotatable bonds is 7. The van der Waals surface area contributed by atoms with Crippen molar-refractivity contribution in [1.82, 2.24) is 10.0 Å². The summed E-state index contributed by atoms with van der Waals surface area (Å²) in [6.45, 7) is 2.17. The van der Waals surface area contributed by atoms with E-state index in [1.165, 1.54) is 0 Å². The zero-order valence-electron chi connectivity index (χ0n) is 10.4. The molecule has 0 aliphatic carbocycles. The van der Waals surface area contributed by atoms with Gasteiger partial charge in [0.05, 0.1) is 12.7 Å². The second kappa shape index (κ2) is 6.80. The van der Waals surface area contributed by atoms with Crippen LogP contribution in [0.1, 0.15) is 12.8 Å². The van der Waals surface area contributed by atoms with Gasteiger partial charge in [-0.1, -0.05) is 0 Å². The molecule has 0 radical (unpaired) electrons. The number of hydrogen-bond acceptors (Lipinski definition) is 6. The standard InChI is InChI=1S/C9H20N2O5S2/c1-17(12,13)8-18(14,15)11-6-7-16-9-2-4-10-5-3-9/h9-11H,2-8H2,1H3. The molecule has 0 amide bonds. The number of sulfonamides is 1. The molecule has 0 aromatic rings. The molecule has 1 aliphatic rings. The Morgan fingerprint density at radius 1 is 1.22 bits per heavy atom. The van der Waals surface area contributed by atoms with E-state index in [2.05, 4.69) is 10.0 Å². The van der Waals surface area contributed by atoms with E-state index in [9.17, 15) is 16.8 Å². The summed E-state index contributed by atoms with van der Waals surface area (Å²) < 4.78 is 52.1. The summed E-state index contributed by atoms with van der Waals surface area (Å²) in [6, 6.07) is 0. The van der Waals surface area contributed by atoms with Crippen LogP contribution in [-0.4, -0.2) is 60.5 Å². The topological polar surface area (TPSA) is 102 Å². The third-order valence-corrected chi connectivity index (χ3v) is 6.03. The van der Waals surface area contributed by atoms with Gasteiger partial charge in [0.25, 0.3) is 0 Å². The monoisotopic (exact) mass is 300 g/mol. The molecule has 18 heavy (non-hydrogen) atoms. The minimum absolute atomic E-state index is 0.0990. The van der Waals surface area contributed by atoms with E-state index in [0.29, 0.717) is 0 Å². The fourth-order valence-electron chi connectivity index (χ4n) is 1.71. The normalized spacial score (nSPS) is 18.9. The Bertz CT molecular complexity index is 440. The minimum Gasteiger partial charge on any atom is -0.377 e. The Balaban J connectivity index is 2.20. The third kappa shape index (κ3) is 7.27. The van der Waals surface area contributed by atoms with E-state index in [0.717, 1.165) is 32.2 Å². The molecular formula is C9H20N2O5S2. The molecule has 9 heteroatoms. The molecule has 1 aliphatic heterocycles. The van der Waals surface area contributed by atoms with Gasteiger partial charge in [-0.2, -0.15) is 0 Å². The highest BCUT2D eigenvalue weighted by Gasteiger charge is 2.18. The maximum atomic E-state index is 11.3. The van der Waals surface area contributed by atoms with Crippen molar-refractivity contribution in [2.24, 2.45) is 0 Å². The molecule has 7 nitrogen and oxygen atoms in total. The fourth-order valence-corrected chi connectivity index (χ4v) is 4.69. The van der Waals surface area contributed by atoms with Crippen LogP contribution in [0, 0.1) is 0 Å². The number of ether oxygens (including phenoxy) is 1. The summed E-state index contributed by atoms with van der Waals surface area (Å²) >= 11 is 0. The van der Waals surface area contributed by atoms with E-state index < -0.39 is 24.9 Å². The predicted molar refractivity (Wildman–Crippen MR) is 68.5 cm³/mol. The lowest BCUT2D eigenvalue weighted by atomic mass is 10.1. The first kappa shape index (κ1) is 15.8. The SMILES string of the molecule is CS(=O)(=O)CS(=O)(=O)NCCOC1CCNCC1. The zero-order chi connectivity index (χ0) is 13.6. The zero-order valence-corrected chi connectivity index (χ0v) is 12.0. The van der Waals surface area contributed by atoms with Crippen LogP contribution in [0.5, 0.6) is 0 Å². The Morgan fingerprint density at radius 2 is 1.83 bits per heavy atom. The predicted octanol–water partition coefficient (Wildman–Crippen LogP) is -1.32. The highest BCUT2D eigenvalue weighted by Crippen LogP contribution is 2.06. The quantitative estimate of drug-likeness (QED) is 0.565. The molecule has 0 spiro atoms. The molecular weight excluding hydrogens is 280 g/mol. The van der Waals surface area contributed by atoms with E-state index in [4.69, 9.17) is 4.74 Å². The summed E-state index contributed by atoms with van der Waals surface area (Å²) in [4.78, 5) is 0. The molecule has 1 rings (SSSR count). The van der Waals surface area contributed by atoms with E-state index in [1.54, 1.807) is 0 Å². The van der Waals surface area contributed by atoms with Gasteiger partial charge < -0.3 is 10.1 Å².